The van der Waals surface area contributed by atoms with Crippen LogP contribution in [-0.2, 0) is 17.7 Å². The summed E-state index contributed by atoms with van der Waals surface area (Å²) >= 11 is 1.69. The van der Waals surface area contributed by atoms with Gasteiger partial charge >= 0.3 is 0 Å². The molecule has 0 bridgehead atoms. The zero-order valence-corrected chi connectivity index (χ0v) is 18.3. The van der Waals surface area contributed by atoms with E-state index in [1.165, 1.54) is 10.4 Å². The quantitative estimate of drug-likeness (QED) is 0.672. The highest BCUT2D eigenvalue weighted by atomic mass is 32.1. The zero-order valence-electron chi connectivity index (χ0n) is 17.5. The summed E-state index contributed by atoms with van der Waals surface area (Å²) in [5, 5.41) is 11.4. The first-order valence-corrected chi connectivity index (χ1v) is 11.5. The minimum atomic E-state index is -0.412. The molecule has 1 aliphatic carbocycles. The smallest absolute Gasteiger partial charge is 0.231 e. The lowest BCUT2D eigenvalue weighted by molar-refractivity contribution is 0.0330. The van der Waals surface area contributed by atoms with E-state index in [-0.39, 0.29) is 0 Å². The Bertz CT molecular complexity index is 1080. The molecular formula is C23H27N3O3S. The van der Waals surface area contributed by atoms with Crippen molar-refractivity contribution in [3.8, 4) is 11.6 Å². The zero-order chi connectivity index (χ0) is 20.7. The van der Waals surface area contributed by atoms with Gasteiger partial charge in [0.25, 0.3) is 0 Å². The van der Waals surface area contributed by atoms with Crippen LogP contribution in [0, 0.1) is 13.8 Å². The van der Waals surface area contributed by atoms with Crippen molar-refractivity contribution in [3.63, 3.8) is 0 Å². The highest BCUT2D eigenvalue weighted by Crippen LogP contribution is 2.40. The number of morpholine rings is 1. The monoisotopic (exact) mass is 425 g/mol. The fourth-order valence-corrected chi connectivity index (χ4v) is 5.39. The first-order chi connectivity index (χ1) is 14.6. The van der Waals surface area contributed by atoms with Gasteiger partial charge in [-0.15, -0.1) is 11.3 Å². The summed E-state index contributed by atoms with van der Waals surface area (Å²) in [5.74, 6) is 2.20. The van der Waals surface area contributed by atoms with E-state index in [1.807, 2.05) is 18.2 Å². The van der Waals surface area contributed by atoms with Gasteiger partial charge in [-0.05, 0) is 50.3 Å². The van der Waals surface area contributed by atoms with Crippen molar-refractivity contribution in [3.05, 3.63) is 45.6 Å². The molecule has 0 amide bonds. The maximum atomic E-state index is 10.4. The molecule has 2 aromatic heterocycles. The molecule has 0 unspecified atom stereocenters. The average molecular weight is 426 g/mol. The van der Waals surface area contributed by atoms with E-state index in [4.69, 9.17) is 19.4 Å². The Hall–Kier alpha value is -2.06. The van der Waals surface area contributed by atoms with Crippen LogP contribution >= 0.6 is 11.3 Å². The number of nitrogens with zero attached hydrogens (tertiary/aromatic N) is 3. The van der Waals surface area contributed by atoms with Gasteiger partial charge in [-0.3, -0.25) is 4.90 Å². The van der Waals surface area contributed by atoms with E-state index in [0.29, 0.717) is 12.4 Å². The van der Waals surface area contributed by atoms with Crippen molar-refractivity contribution in [2.45, 2.75) is 45.8 Å². The number of benzene rings is 1. The summed E-state index contributed by atoms with van der Waals surface area (Å²) in [5.41, 5.74) is 3.26. The summed E-state index contributed by atoms with van der Waals surface area (Å²) in [6.07, 6.45) is 2.27. The van der Waals surface area contributed by atoms with E-state index >= 15 is 0 Å². The average Bonchev–Trinajstić information content (AvgIpc) is 3.03. The molecule has 3 heterocycles. The third-order valence-electron chi connectivity index (χ3n) is 6.15. The van der Waals surface area contributed by atoms with Crippen molar-refractivity contribution in [2.75, 3.05) is 26.3 Å². The van der Waals surface area contributed by atoms with Crippen LogP contribution in [0.1, 0.15) is 46.3 Å². The molecule has 5 rings (SSSR count). The number of fused-ring (bicyclic) bond motifs is 2. The molecule has 158 valence electrons. The van der Waals surface area contributed by atoms with Crippen LogP contribution in [0.5, 0.6) is 11.6 Å². The largest absolute Gasteiger partial charge is 0.438 e. The molecule has 1 atom stereocenters. The van der Waals surface area contributed by atoms with Gasteiger partial charge in [0.1, 0.15) is 16.4 Å². The van der Waals surface area contributed by atoms with E-state index in [2.05, 4.69) is 18.7 Å². The fourth-order valence-electron chi connectivity index (χ4n) is 4.35. The number of ether oxygens (including phenoxy) is 2. The normalized spacial score (nSPS) is 19.8. The molecule has 0 spiro atoms. The minimum Gasteiger partial charge on any atom is -0.438 e. The van der Waals surface area contributed by atoms with E-state index < -0.39 is 6.10 Å². The predicted molar refractivity (Wildman–Crippen MR) is 117 cm³/mol. The molecule has 30 heavy (non-hydrogen) atoms. The number of aliphatic hydroxyl groups is 1. The van der Waals surface area contributed by atoms with Crippen LogP contribution in [0.25, 0.3) is 10.2 Å². The molecule has 0 saturated carbocycles. The lowest BCUT2D eigenvalue weighted by atomic mass is 9.89. The molecule has 1 N–H and O–H groups in total. The Morgan fingerprint density at radius 2 is 2.07 bits per heavy atom. The molecule has 6 nitrogen and oxygen atoms in total. The van der Waals surface area contributed by atoms with Gasteiger partial charge in [0.15, 0.2) is 0 Å². The standard InChI is InChI=1S/C23H27N3O3S/c1-14-15(2)30-23-21(14)22(24-20(25-23)13-26-9-11-28-12-10-26)29-19-8-4-5-16-17(19)6-3-7-18(16)27/h4-5,8,18,27H,3,6-7,9-13H2,1-2H3/t18-/m1/s1. The lowest BCUT2D eigenvalue weighted by Gasteiger charge is -2.26. The predicted octanol–water partition coefficient (Wildman–Crippen LogP) is 4.30. The maximum absolute atomic E-state index is 10.4. The SMILES string of the molecule is Cc1sc2nc(CN3CCOCC3)nc(Oc3cccc4c3CCC[C@H]4O)c2c1C. The third kappa shape index (κ3) is 3.71. The summed E-state index contributed by atoms with van der Waals surface area (Å²) in [6, 6.07) is 5.95. The van der Waals surface area contributed by atoms with Crippen LogP contribution in [0.2, 0.25) is 0 Å². The van der Waals surface area contributed by atoms with Crippen LogP contribution in [0.4, 0.5) is 0 Å². The van der Waals surface area contributed by atoms with Gasteiger partial charge in [-0.25, -0.2) is 4.98 Å². The molecule has 3 aromatic rings. The number of aliphatic hydroxyl groups excluding tert-OH is 1. The van der Waals surface area contributed by atoms with Gasteiger partial charge in [0.2, 0.25) is 5.88 Å². The number of aryl methyl sites for hydroxylation is 2. The second kappa shape index (κ2) is 8.23. The highest BCUT2D eigenvalue weighted by molar-refractivity contribution is 7.18. The number of rotatable bonds is 4. The summed E-state index contributed by atoms with van der Waals surface area (Å²) in [4.78, 5) is 14.2. The molecule has 1 aliphatic heterocycles. The summed E-state index contributed by atoms with van der Waals surface area (Å²) in [7, 11) is 0. The second-order valence-electron chi connectivity index (χ2n) is 8.13. The third-order valence-corrected chi connectivity index (χ3v) is 7.25. The van der Waals surface area contributed by atoms with Crippen molar-refractivity contribution >= 4 is 21.6 Å². The molecule has 0 radical (unpaired) electrons. The van der Waals surface area contributed by atoms with Crippen molar-refractivity contribution in [1.29, 1.82) is 0 Å². The maximum Gasteiger partial charge on any atom is 0.231 e. The first kappa shape index (κ1) is 19.9. The molecular weight excluding hydrogens is 398 g/mol. The summed E-state index contributed by atoms with van der Waals surface area (Å²) < 4.78 is 11.9. The van der Waals surface area contributed by atoms with Crippen molar-refractivity contribution in [1.82, 2.24) is 14.9 Å². The van der Waals surface area contributed by atoms with Gasteiger partial charge in [-0.1, -0.05) is 12.1 Å². The Labute approximate surface area is 180 Å². The number of hydrogen-bond acceptors (Lipinski definition) is 7. The fraction of sp³-hybridized carbons (Fsp3) is 0.478. The Balaban J connectivity index is 1.55. The van der Waals surface area contributed by atoms with E-state index in [1.54, 1.807) is 11.3 Å². The number of thiophene rings is 1. The van der Waals surface area contributed by atoms with Crippen LogP contribution in [-0.4, -0.2) is 46.3 Å². The minimum absolute atomic E-state index is 0.412. The van der Waals surface area contributed by atoms with Gasteiger partial charge in [-0.2, -0.15) is 4.98 Å². The van der Waals surface area contributed by atoms with E-state index in [9.17, 15) is 5.11 Å². The molecule has 7 heteroatoms. The van der Waals surface area contributed by atoms with Gasteiger partial charge in [0, 0.05) is 23.5 Å². The Kier molecular flexibility index (Phi) is 5.45. The Morgan fingerprint density at radius 3 is 2.90 bits per heavy atom. The second-order valence-corrected chi connectivity index (χ2v) is 9.33. The van der Waals surface area contributed by atoms with Crippen molar-refractivity contribution < 1.29 is 14.6 Å². The van der Waals surface area contributed by atoms with Crippen LogP contribution < -0.4 is 4.74 Å². The first-order valence-electron chi connectivity index (χ1n) is 10.6. The van der Waals surface area contributed by atoms with Crippen LogP contribution in [0.15, 0.2) is 18.2 Å². The van der Waals surface area contributed by atoms with E-state index in [0.717, 1.165) is 78.5 Å². The number of hydrogen-bond donors (Lipinski definition) is 1. The Morgan fingerprint density at radius 1 is 1.23 bits per heavy atom. The lowest BCUT2D eigenvalue weighted by Crippen LogP contribution is -2.36. The van der Waals surface area contributed by atoms with Crippen LogP contribution in [0.3, 0.4) is 0 Å². The molecule has 2 aliphatic rings. The van der Waals surface area contributed by atoms with Crippen molar-refractivity contribution in [2.24, 2.45) is 0 Å². The highest BCUT2D eigenvalue weighted by Gasteiger charge is 2.23. The molecule has 1 aromatic carbocycles. The van der Waals surface area contributed by atoms with Gasteiger partial charge in [0.05, 0.1) is 31.2 Å². The molecule has 1 fully saturated rings. The number of aromatic nitrogens is 2. The molecule has 1 saturated heterocycles. The summed E-state index contributed by atoms with van der Waals surface area (Å²) in [6.45, 7) is 8.21. The topological polar surface area (TPSA) is 67.7 Å². The van der Waals surface area contributed by atoms with Gasteiger partial charge < -0.3 is 14.6 Å².